The maximum atomic E-state index is 5.27. The molecule has 27 heavy (non-hydrogen) atoms. The van der Waals surface area contributed by atoms with Crippen LogP contribution in [0.4, 0.5) is 0 Å². The number of aliphatic imine (C=N–C) groups is 1. The lowest BCUT2D eigenvalue weighted by molar-refractivity contribution is 0.371. The minimum atomic E-state index is 0. The van der Waals surface area contributed by atoms with Crippen LogP contribution in [0.5, 0.6) is 0 Å². The molecule has 0 unspecified atom stereocenters. The molecule has 0 atom stereocenters. The van der Waals surface area contributed by atoms with Gasteiger partial charge in [-0.2, -0.15) is 4.98 Å². The standard InChI is InChI=1S/C19H29N5OS.HI/c1-6-20-19(21-10-9-17-23-18(13(2)3)24-25-17)22-12-15-8-7-14(4)11-16(15)26-5;/h7-8,11,13H,6,9-10,12H2,1-5H3,(H2,20,21,22);1H. The Kier molecular flexibility index (Phi) is 10.8. The van der Waals surface area contributed by atoms with Crippen LogP contribution >= 0.6 is 35.7 Å². The SMILES string of the molecule is CCNC(=NCc1ccc(C)cc1SC)NCCc1nc(C(C)C)no1.I. The van der Waals surface area contributed by atoms with E-state index in [0.717, 1.165) is 18.3 Å². The van der Waals surface area contributed by atoms with E-state index in [1.54, 1.807) is 11.8 Å². The van der Waals surface area contributed by atoms with Gasteiger partial charge in [0.2, 0.25) is 5.89 Å². The Hall–Kier alpha value is -1.29. The third kappa shape index (κ3) is 7.69. The highest BCUT2D eigenvalue weighted by molar-refractivity contribution is 14.0. The predicted octanol–water partition coefficient (Wildman–Crippen LogP) is 4.14. The molecule has 2 rings (SSSR count). The van der Waals surface area contributed by atoms with Crippen LogP contribution in [0.2, 0.25) is 0 Å². The Morgan fingerprint density at radius 2 is 2.07 bits per heavy atom. The second-order valence-electron chi connectivity index (χ2n) is 6.39. The number of halogens is 1. The third-order valence-electron chi connectivity index (χ3n) is 3.83. The number of thioether (sulfide) groups is 1. The van der Waals surface area contributed by atoms with Crippen LogP contribution in [0.3, 0.4) is 0 Å². The minimum Gasteiger partial charge on any atom is -0.357 e. The molecule has 0 bridgehead atoms. The zero-order valence-corrected chi connectivity index (χ0v) is 19.9. The smallest absolute Gasteiger partial charge is 0.228 e. The molecule has 0 amide bonds. The molecule has 2 N–H and O–H groups in total. The van der Waals surface area contributed by atoms with Gasteiger partial charge in [-0.3, -0.25) is 0 Å². The zero-order valence-electron chi connectivity index (χ0n) is 16.7. The van der Waals surface area contributed by atoms with Crippen molar-refractivity contribution >= 4 is 41.7 Å². The molecule has 1 aromatic heterocycles. The zero-order chi connectivity index (χ0) is 18.9. The Bertz CT molecular complexity index is 733. The van der Waals surface area contributed by atoms with Gasteiger partial charge in [-0.25, -0.2) is 4.99 Å². The van der Waals surface area contributed by atoms with E-state index >= 15 is 0 Å². The summed E-state index contributed by atoms with van der Waals surface area (Å²) in [6.45, 7) is 10.4. The highest BCUT2D eigenvalue weighted by atomic mass is 127. The summed E-state index contributed by atoms with van der Waals surface area (Å²) < 4.78 is 5.27. The van der Waals surface area contributed by atoms with Crippen LogP contribution in [0, 0.1) is 6.92 Å². The Morgan fingerprint density at radius 1 is 1.30 bits per heavy atom. The number of guanidine groups is 1. The first-order valence-electron chi connectivity index (χ1n) is 9.01. The lowest BCUT2D eigenvalue weighted by Gasteiger charge is -2.11. The van der Waals surface area contributed by atoms with Gasteiger partial charge in [0, 0.05) is 30.3 Å². The highest BCUT2D eigenvalue weighted by Crippen LogP contribution is 2.22. The summed E-state index contributed by atoms with van der Waals surface area (Å²) in [5.41, 5.74) is 2.51. The van der Waals surface area contributed by atoms with Crippen molar-refractivity contribution in [1.29, 1.82) is 0 Å². The summed E-state index contributed by atoms with van der Waals surface area (Å²) >= 11 is 1.76. The number of aryl methyl sites for hydroxylation is 1. The van der Waals surface area contributed by atoms with Crippen molar-refractivity contribution in [2.24, 2.45) is 4.99 Å². The van der Waals surface area contributed by atoms with Gasteiger partial charge in [-0.05, 0) is 37.3 Å². The molecule has 0 radical (unpaired) electrons. The molecule has 8 heteroatoms. The van der Waals surface area contributed by atoms with Gasteiger partial charge in [-0.15, -0.1) is 35.7 Å². The lowest BCUT2D eigenvalue weighted by atomic mass is 10.1. The van der Waals surface area contributed by atoms with Crippen molar-refractivity contribution in [3.8, 4) is 0 Å². The van der Waals surface area contributed by atoms with Crippen molar-refractivity contribution in [3.05, 3.63) is 41.0 Å². The van der Waals surface area contributed by atoms with Crippen LogP contribution in [0.1, 0.15) is 49.5 Å². The van der Waals surface area contributed by atoms with Gasteiger partial charge >= 0.3 is 0 Å². The van der Waals surface area contributed by atoms with E-state index in [9.17, 15) is 0 Å². The molecule has 1 heterocycles. The number of rotatable bonds is 8. The van der Waals surface area contributed by atoms with E-state index in [1.807, 2.05) is 0 Å². The molecule has 6 nitrogen and oxygen atoms in total. The molecule has 0 aliphatic heterocycles. The van der Waals surface area contributed by atoms with Gasteiger partial charge in [0.25, 0.3) is 0 Å². The van der Waals surface area contributed by atoms with Gasteiger partial charge in [-0.1, -0.05) is 31.1 Å². The molecular formula is C19H30IN5OS. The first kappa shape index (κ1) is 23.7. The predicted molar refractivity (Wildman–Crippen MR) is 123 cm³/mol. The molecule has 0 aliphatic carbocycles. The molecule has 0 saturated heterocycles. The number of benzene rings is 1. The topological polar surface area (TPSA) is 75.3 Å². The lowest BCUT2D eigenvalue weighted by Crippen LogP contribution is -2.38. The van der Waals surface area contributed by atoms with E-state index < -0.39 is 0 Å². The van der Waals surface area contributed by atoms with Crippen LogP contribution in [-0.4, -0.2) is 35.4 Å². The second-order valence-corrected chi connectivity index (χ2v) is 7.24. The maximum Gasteiger partial charge on any atom is 0.228 e. The Labute approximate surface area is 183 Å². The van der Waals surface area contributed by atoms with Crippen molar-refractivity contribution in [2.75, 3.05) is 19.3 Å². The van der Waals surface area contributed by atoms with Crippen LogP contribution in [0.15, 0.2) is 32.6 Å². The summed E-state index contributed by atoms with van der Waals surface area (Å²) in [4.78, 5) is 10.4. The van der Waals surface area contributed by atoms with Gasteiger partial charge in [0.15, 0.2) is 11.8 Å². The van der Waals surface area contributed by atoms with Crippen LogP contribution < -0.4 is 10.6 Å². The molecule has 0 aliphatic rings. The summed E-state index contributed by atoms with van der Waals surface area (Å²) in [5, 5.41) is 10.6. The van der Waals surface area contributed by atoms with Gasteiger partial charge < -0.3 is 15.2 Å². The fourth-order valence-electron chi connectivity index (χ4n) is 2.38. The molecule has 1 aromatic carbocycles. The summed E-state index contributed by atoms with van der Waals surface area (Å²) in [6, 6.07) is 6.49. The van der Waals surface area contributed by atoms with Crippen molar-refractivity contribution in [2.45, 2.75) is 51.5 Å². The normalized spacial score (nSPS) is 11.4. The number of aromatic nitrogens is 2. The molecular weight excluding hydrogens is 473 g/mol. The molecule has 0 fully saturated rings. The molecule has 2 aromatic rings. The molecule has 0 saturated carbocycles. The summed E-state index contributed by atoms with van der Waals surface area (Å²) in [5.74, 6) is 2.48. The largest absolute Gasteiger partial charge is 0.357 e. The van der Waals surface area contributed by atoms with E-state index in [0.29, 0.717) is 25.4 Å². The average molecular weight is 503 g/mol. The van der Waals surface area contributed by atoms with Gasteiger partial charge in [0.1, 0.15) is 0 Å². The van der Waals surface area contributed by atoms with Crippen molar-refractivity contribution < 1.29 is 4.52 Å². The third-order valence-corrected chi connectivity index (χ3v) is 4.65. The van der Waals surface area contributed by atoms with Gasteiger partial charge in [0.05, 0.1) is 6.54 Å². The summed E-state index contributed by atoms with van der Waals surface area (Å²) in [7, 11) is 0. The fourth-order valence-corrected chi connectivity index (χ4v) is 3.08. The minimum absolute atomic E-state index is 0. The second kappa shape index (κ2) is 12.2. The Morgan fingerprint density at radius 3 is 2.70 bits per heavy atom. The van der Waals surface area contributed by atoms with E-state index in [-0.39, 0.29) is 29.9 Å². The van der Waals surface area contributed by atoms with E-state index in [2.05, 4.69) is 72.9 Å². The van der Waals surface area contributed by atoms with Crippen molar-refractivity contribution in [1.82, 2.24) is 20.8 Å². The fraction of sp³-hybridized carbons (Fsp3) is 0.526. The number of nitrogens with one attached hydrogen (secondary N) is 2. The average Bonchev–Trinajstić information content (AvgIpc) is 3.09. The summed E-state index contributed by atoms with van der Waals surface area (Å²) in [6.07, 6.45) is 2.77. The first-order valence-corrected chi connectivity index (χ1v) is 10.2. The van der Waals surface area contributed by atoms with Crippen LogP contribution in [-0.2, 0) is 13.0 Å². The quantitative estimate of drug-likeness (QED) is 0.244. The Balaban J connectivity index is 0.00000364. The van der Waals surface area contributed by atoms with Crippen molar-refractivity contribution in [3.63, 3.8) is 0 Å². The molecule has 150 valence electrons. The van der Waals surface area contributed by atoms with E-state index in [4.69, 9.17) is 9.52 Å². The molecule has 0 spiro atoms. The van der Waals surface area contributed by atoms with E-state index in [1.165, 1.54) is 16.0 Å². The number of hydrogen-bond donors (Lipinski definition) is 2. The first-order chi connectivity index (χ1) is 12.5. The maximum absolute atomic E-state index is 5.27. The number of nitrogens with zero attached hydrogens (tertiary/aromatic N) is 3. The highest BCUT2D eigenvalue weighted by Gasteiger charge is 2.09. The van der Waals surface area contributed by atoms with Crippen LogP contribution in [0.25, 0.3) is 0 Å². The number of hydrogen-bond acceptors (Lipinski definition) is 5. The monoisotopic (exact) mass is 503 g/mol.